The fourth-order valence-corrected chi connectivity index (χ4v) is 3.83. The van der Waals surface area contributed by atoms with Crippen LogP contribution in [-0.2, 0) is 17.8 Å². The number of carbonyl (C=O) groups is 1. The Morgan fingerprint density at radius 2 is 2.06 bits per heavy atom. The number of ether oxygens (including phenoxy) is 1. The largest absolute Gasteiger partial charge is 0.444 e. The van der Waals surface area contributed by atoms with E-state index < -0.39 is 5.60 Å². The molecule has 4 rings (SSSR count). The predicted octanol–water partition coefficient (Wildman–Crippen LogP) is 2.93. The monoisotopic (exact) mass is 538 g/mol. The molecule has 2 aromatic rings. The fourth-order valence-electron chi connectivity index (χ4n) is 3.83. The Balaban J connectivity index is 0.00000272. The third kappa shape index (κ3) is 6.11. The summed E-state index contributed by atoms with van der Waals surface area (Å²) in [6.07, 6.45) is 5.35. The van der Waals surface area contributed by atoms with Crippen molar-refractivity contribution in [2.24, 2.45) is 4.99 Å². The van der Waals surface area contributed by atoms with Gasteiger partial charge in [0.25, 0.3) is 0 Å². The van der Waals surface area contributed by atoms with E-state index in [1.54, 1.807) is 11.1 Å². The number of benzene rings is 1. The van der Waals surface area contributed by atoms with Gasteiger partial charge in [-0.1, -0.05) is 24.3 Å². The van der Waals surface area contributed by atoms with Gasteiger partial charge in [-0.15, -0.1) is 24.0 Å². The van der Waals surface area contributed by atoms with Crippen LogP contribution in [0.3, 0.4) is 0 Å². The second kappa shape index (κ2) is 9.88. The van der Waals surface area contributed by atoms with Crippen LogP contribution in [0.5, 0.6) is 0 Å². The Hall–Kier alpha value is -2.30. The zero-order chi connectivity index (χ0) is 21.1. The molecule has 0 saturated carbocycles. The molecule has 0 aliphatic carbocycles. The van der Waals surface area contributed by atoms with E-state index in [-0.39, 0.29) is 36.1 Å². The minimum atomic E-state index is -0.473. The van der Waals surface area contributed by atoms with Gasteiger partial charge >= 0.3 is 6.09 Å². The number of aliphatic imine (C=N–C) groups is 1. The highest BCUT2D eigenvalue weighted by Gasteiger charge is 2.36. The number of amides is 1. The molecule has 0 bridgehead atoms. The number of carbonyl (C=O) groups excluding carboxylic acids is 1. The Bertz CT molecular complexity index is 909. The molecule has 1 aromatic heterocycles. The van der Waals surface area contributed by atoms with Crippen LogP contribution in [0, 0.1) is 0 Å². The zero-order valence-electron chi connectivity index (χ0n) is 18.3. The Kier molecular flexibility index (Phi) is 7.45. The molecule has 1 saturated heterocycles. The summed E-state index contributed by atoms with van der Waals surface area (Å²) >= 11 is 0. The summed E-state index contributed by atoms with van der Waals surface area (Å²) in [6.45, 7) is 9.96. The molecule has 31 heavy (non-hydrogen) atoms. The van der Waals surface area contributed by atoms with Gasteiger partial charge in [0.15, 0.2) is 5.96 Å². The topological polar surface area (TPSA) is 75.0 Å². The van der Waals surface area contributed by atoms with Gasteiger partial charge in [0, 0.05) is 45.1 Å². The average Bonchev–Trinajstić information content (AvgIpc) is 3.34. The highest BCUT2D eigenvalue weighted by atomic mass is 127. The highest BCUT2D eigenvalue weighted by molar-refractivity contribution is 14.0. The maximum Gasteiger partial charge on any atom is 0.410 e. The third-order valence-corrected chi connectivity index (χ3v) is 5.22. The average molecular weight is 538 g/mol. The third-order valence-electron chi connectivity index (χ3n) is 5.22. The molecular formula is C22H31IN6O2. The van der Waals surface area contributed by atoms with Gasteiger partial charge in [0.2, 0.25) is 0 Å². The van der Waals surface area contributed by atoms with Crippen LogP contribution in [0.4, 0.5) is 4.79 Å². The van der Waals surface area contributed by atoms with Gasteiger partial charge in [0.1, 0.15) is 5.60 Å². The van der Waals surface area contributed by atoms with Gasteiger partial charge in [-0.3, -0.25) is 4.99 Å². The zero-order valence-corrected chi connectivity index (χ0v) is 20.7. The first kappa shape index (κ1) is 23.4. The number of piperazine rings is 1. The van der Waals surface area contributed by atoms with Crippen molar-refractivity contribution >= 4 is 36.0 Å². The quantitative estimate of drug-likeness (QED) is 0.607. The summed E-state index contributed by atoms with van der Waals surface area (Å²) in [7, 11) is 0. The number of halogens is 1. The first-order valence-electron chi connectivity index (χ1n) is 10.4. The summed E-state index contributed by atoms with van der Waals surface area (Å²) in [6, 6.07) is 8.75. The Morgan fingerprint density at radius 3 is 2.81 bits per heavy atom. The maximum absolute atomic E-state index is 12.4. The van der Waals surface area contributed by atoms with Crippen LogP contribution in [-0.4, -0.2) is 69.2 Å². The molecule has 1 fully saturated rings. The van der Waals surface area contributed by atoms with Gasteiger partial charge in [-0.2, -0.15) is 0 Å². The molecule has 1 atom stereocenters. The van der Waals surface area contributed by atoms with E-state index in [0.29, 0.717) is 19.6 Å². The number of fused-ring (bicyclic) bond motifs is 1. The van der Waals surface area contributed by atoms with Crippen LogP contribution in [0.15, 0.2) is 48.0 Å². The summed E-state index contributed by atoms with van der Waals surface area (Å²) in [4.78, 5) is 25.2. The standard InChI is InChI=1S/C22H30N6O2.HI/c1-22(2,3)30-21(29)27-9-10-28-19(15-27)13-25-20(28)24-12-17-5-4-6-18(11-17)14-26-8-7-23-16-26;/h4-8,11,16,19H,9-10,12-15H2,1-3H3,(H,24,25);1H. The van der Waals surface area contributed by atoms with Crippen LogP contribution in [0.25, 0.3) is 0 Å². The lowest BCUT2D eigenvalue weighted by Gasteiger charge is -2.39. The molecule has 1 N–H and O–H groups in total. The molecule has 1 unspecified atom stereocenters. The number of nitrogens with one attached hydrogen (secondary N) is 1. The van der Waals surface area contributed by atoms with Crippen molar-refractivity contribution in [3.63, 3.8) is 0 Å². The SMILES string of the molecule is CC(C)(C)OC(=O)N1CCN2C(NCc3cccc(Cn4ccnc4)c3)=NCC2C1.I. The molecule has 8 nitrogen and oxygen atoms in total. The summed E-state index contributed by atoms with van der Waals surface area (Å²) in [5, 5.41) is 3.49. The summed E-state index contributed by atoms with van der Waals surface area (Å²) < 4.78 is 7.57. The van der Waals surface area contributed by atoms with E-state index in [4.69, 9.17) is 4.74 Å². The highest BCUT2D eigenvalue weighted by Crippen LogP contribution is 2.19. The van der Waals surface area contributed by atoms with Crippen molar-refractivity contribution in [2.45, 2.75) is 45.5 Å². The number of imidazole rings is 1. The normalized spacial score (nSPS) is 18.2. The van der Waals surface area contributed by atoms with Gasteiger partial charge in [0.05, 0.1) is 18.9 Å². The van der Waals surface area contributed by atoms with Crippen molar-refractivity contribution < 1.29 is 9.53 Å². The summed E-state index contributed by atoms with van der Waals surface area (Å²) in [5.41, 5.74) is 1.98. The minimum absolute atomic E-state index is 0. The molecule has 2 aliphatic rings. The first-order chi connectivity index (χ1) is 14.4. The second-order valence-corrected chi connectivity index (χ2v) is 8.85. The lowest BCUT2D eigenvalue weighted by Crippen LogP contribution is -2.57. The molecule has 2 aliphatic heterocycles. The molecule has 0 spiro atoms. The van der Waals surface area contributed by atoms with E-state index in [2.05, 4.69) is 49.0 Å². The molecule has 1 amide bonds. The van der Waals surface area contributed by atoms with Crippen molar-refractivity contribution in [1.82, 2.24) is 24.7 Å². The first-order valence-corrected chi connectivity index (χ1v) is 10.4. The van der Waals surface area contributed by atoms with Crippen LogP contribution in [0.2, 0.25) is 0 Å². The van der Waals surface area contributed by atoms with E-state index in [0.717, 1.165) is 25.6 Å². The number of hydrogen-bond donors (Lipinski definition) is 1. The number of hydrogen-bond acceptors (Lipinski definition) is 6. The predicted molar refractivity (Wildman–Crippen MR) is 131 cm³/mol. The van der Waals surface area contributed by atoms with Crippen molar-refractivity contribution in [2.75, 3.05) is 26.2 Å². The van der Waals surface area contributed by atoms with Crippen molar-refractivity contribution in [1.29, 1.82) is 0 Å². The molecule has 9 heteroatoms. The van der Waals surface area contributed by atoms with Crippen molar-refractivity contribution in [3.05, 3.63) is 54.1 Å². The number of aromatic nitrogens is 2. The minimum Gasteiger partial charge on any atom is -0.444 e. The molecule has 3 heterocycles. The van der Waals surface area contributed by atoms with E-state index >= 15 is 0 Å². The lowest BCUT2D eigenvalue weighted by atomic mass is 10.1. The van der Waals surface area contributed by atoms with Crippen LogP contribution >= 0.6 is 24.0 Å². The lowest BCUT2D eigenvalue weighted by molar-refractivity contribution is 0.0137. The van der Waals surface area contributed by atoms with E-state index in [1.165, 1.54) is 11.1 Å². The Morgan fingerprint density at radius 1 is 1.26 bits per heavy atom. The number of guanidine groups is 1. The fraction of sp³-hybridized carbons (Fsp3) is 0.500. The number of nitrogens with zero attached hydrogens (tertiary/aromatic N) is 5. The molecular weight excluding hydrogens is 507 g/mol. The van der Waals surface area contributed by atoms with Crippen LogP contribution in [0.1, 0.15) is 31.9 Å². The van der Waals surface area contributed by atoms with Crippen molar-refractivity contribution in [3.8, 4) is 0 Å². The van der Waals surface area contributed by atoms with Gasteiger partial charge < -0.3 is 24.4 Å². The van der Waals surface area contributed by atoms with E-state index in [1.807, 2.05) is 33.3 Å². The molecule has 1 aromatic carbocycles. The maximum atomic E-state index is 12.4. The van der Waals surface area contributed by atoms with E-state index in [9.17, 15) is 4.79 Å². The second-order valence-electron chi connectivity index (χ2n) is 8.85. The smallest absolute Gasteiger partial charge is 0.410 e. The molecule has 168 valence electrons. The summed E-state index contributed by atoms with van der Waals surface area (Å²) in [5.74, 6) is 0.920. The number of rotatable bonds is 4. The molecule has 0 radical (unpaired) electrons. The van der Waals surface area contributed by atoms with Gasteiger partial charge in [-0.25, -0.2) is 9.78 Å². The van der Waals surface area contributed by atoms with Gasteiger partial charge in [-0.05, 0) is 31.9 Å². The van der Waals surface area contributed by atoms with Crippen LogP contribution < -0.4 is 5.32 Å². The Labute approximate surface area is 200 Å².